The third kappa shape index (κ3) is 3.84. The molecule has 2 aromatic rings. The third-order valence-corrected chi connectivity index (χ3v) is 3.56. The Kier molecular flexibility index (Phi) is 5.62. The second-order valence-electron chi connectivity index (χ2n) is 5.69. The van der Waals surface area contributed by atoms with Crippen molar-refractivity contribution in [3.63, 3.8) is 0 Å². The van der Waals surface area contributed by atoms with Gasteiger partial charge in [-0.15, -0.1) is 0 Å². The molecule has 0 spiro atoms. The second-order valence-corrected chi connectivity index (χ2v) is 5.69. The van der Waals surface area contributed by atoms with Crippen LogP contribution in [-0.2, 0) is 17.8 Å². The van der Waals surface area contributed by atoms with Crippen LogP contribution in [0.2, 0.25) is 0 Å². The van der Waals surface area contributed by atoms with Gasteiger partial charge in [-0.25, -0.2) is 0 Å². The fourth-order valence-electron chi connectivity index (χ4n) is 2.44. The van der Waals surface area contributed by atoms with E-state index in [0.717, 1.165) is 32.7 Å². The minimum Gasteiger partial charge on any atom is -0.380 e. The Labute approximate surface area is 121 Å². The molecule has 0 fully saturated rings. The zero-order chi connectivity index (χ0) is 14.4. The van der Waals surface area contributed by atoms with Gasteiger partial charge in [-0.2, -0.15) is 0 Å². The quantitative estimate of drug-likeness (QED) is 0.746. The molecule has 0 unspecified atom stereocenters. The zero-order valence-corrected chi connectivity index (χ0v) is 12.9. The van der Waals surface area contributed by atoms with Crippen LogP contribution in [0, 0.1) is 5.92 Å². The maximum atomic E-state index is 5.73. The first kappa shape index (κ1) is 15.1. The lowest BCUT2D eigenvalue weighted by Crippen LogP contribution is -2.10. The van der Waals surface area contributed by atoms with Gasteiger partial charge in [0.25, 0.3) is 0 Å². The molecule has 0 amide bonds. The minimum absolute atomic E-state index is 0.713. The normalized spacial score (nSPS) is 11.6. The number of ether oxygens (including phenoxy) is 1. The molecule has 0 aliphatic carbocycles. The summed E-state index contributed by atoms with van der Waals surface area (Å²) < 4.78 is 8.03. The Morgan fingerprint density at radius 2 is 2.05 bits per heavy atom. The number of benzene rings is 1. The Morgan fingerprint density at radius 3 is 2.80 bits per heavy atom. The summed E-state index contributed by atoms with van der Waals surface area (Å²) in [6, 6.07) is 8.67. The Morgan fingerprint density at radius 1 is 1.20 bits per heavy atom. The number of para-hydroxylation sites is 1. The summed E-state index contributed by atoms with van der Waals surface area (Å²) in [6.45, 7) is 7.92. The van der Waals surface area contributed by atoms with Crippen LogP contribution < -0.4 is 5.32 Å². The van der Waals surface area contributed by atoms with Gasteiger partial charge in [0.05, 0.1) is 12.1 Å². The largest absolute Gasteiger partial charge is 0.380 e. The molecule has 3 nitrogen and oxygen atoms in total. The van der Waals surface area contributed by atoms with Gasteiger partial charge in [-0.1, -0.05) is 32.0 Å². The van der Waals surface area contributed by atoms with Crippen LogP contribution in [-0.4, -0.2) is 24.8 Å². The van der Waals surface area contributed by atoms with Crippen LogP contribution >= 0.6 is 0 Å². The van der Waals surface area contributed by atoms with E-state index in [-0.39, 0.29) is 0 Å². The molecule has 0 radical (unpaired) electrons. The molecule has 0 saturated heterocycles. The molecule has 0 aliphatic heterocycles. The third-order valence-electron chi connectivity index (χ3n) is 3.56. The summed E-state index contributed by atoms with van der Waals surface area (Å²) >= 11 is 0. The summed E-state index contributed by atoms with van der Waals surface area (Å²) in [6.07, 6.45) is 3.30. The number of fused-ring (bicyclic) bond motifs is 1. The molecule has 20 heavy (non-hydrogen) atoms. The van der Waals surface area contributed by atoms with Crippen molar-refractivity contribution in [2.75, 3.05) is 20.3 Å². The topological polar surface area (TPSA) is 26.2 Å². The summed E-state index contributed by atoms with van der Waals surface area (Å²) in [5.41, 5.74) is 2.67. The van der Waals surface area contributed by atoms with Gasteiger partial charge >= 0.3 is 0 Å². The standard InChI is InChI=1S/C17H26N2O/c1-14(2)8-11-20-12-10-19-9-7-15-5-4-6-16(13-18-3)17(15)19/h4-7,9,14,18H,8,10-13H2,1-3H3. The Balaban J connectivity index is 1.99. The maximum Gasteiger partial charge on any atom is 0.0645 e. The molecule has 1 heterocycles. The van der Waals surface area contributed by atoms with Gasteiger partial charge in [0, 0.05) is 25.9 Å². The molecular formula is C17H26N2O. The lowest BCUT2D eigenvalue weighted by atomic mass is 10.1. The van der Waals surface area contributed by atoms with E-state index < -0.39 is 0 Å². The molecular weight excluding hydrogens is 248 g/mol. The van der Waals surface area contributed by atoms with E-state index in [2.05, 4.69) is 54.2 Å². The lowest BCUT2D eigenvalue weighted by Gasteiger charge is -2.11. The fourth-order valence-corrected chi connectivity index (χ4v) is 2.44. The average molecular weight is 274 g/mol. The smallest absolute Gasteiger partial charge is 0.0645 e. The Hall–Kier alpha value is -1.32. The summed E-state index contributed by atoms with van der Waals surface area (Å²) in [5.74, 6) is 0.713. The highest BCUT2D eigenvalue weighted by Gasteiger charge is 2.05. The van der Waals surface area contributed by atoms with Crippen molar-refractivity contribution in [2.45, 2.75) is 33.4 Å². The van der Waals surface area contributed by atoms with Crippen LogP contribution in [0.1, 0.15) is 25.8 Å². The van der Waals surface area contributed by atoms with Gasteiger partial charge < -0.3 is 14.6 Å². The molecule has 0 atom stereocenters. The predicted molar refractivity (Wildman–Crippen MR) is 85.0 cm³/mol. The van der Waals surface area contributed by atoms with Gasteiger partial charge in [-0.05, 0) is 36.4 Å². The van der Waals surface area contributed by atoms with E-state index in [0.29, 0.717) is 5.92 Å². The van der Waals surface area contributed by atoms with Crippen LogP contribution in [0.25, 0.3) is 10.9 Å². The highest BCUT2D eigenvalue weighted by atomic mass is 16.5. The molecule has 1 aromatic heterocycles. The highest BCUT2D eigenvalue weighted by Crippen LogP contribution is 2.20. The maximum absolute atomic E-state index is 5.73. The SMILES string of the molecule is CNCc1cccc2ccn(CCOCCC(C)C)c12. The molecule has 0 saturated carbocycles. The second kappa shape index (κ2) is 7.46. The number of hydrogen-bond acceptors (Lipinski definition) is 2. The van der Waals surface area contributed by atoms with Crippen LogP contribution in [0.3, 0.4) is 0 Å². The average Bonchev–Trinajstić information content (AvgIpc) is 2.83. The first-order chi connectivity index (χ1) is 9.72. The number of hydrogen-bond donors (Lipinski definition) is 1. The zero-order valence-electron chi connectivity index (χ0n) is 12.9. The molecule has 110 valence electrons. The van der Waals surface area contributed by atoms with E-state index in [4.69, 9.17) is 4.74 Å². The van der Waals surface area contributed by atoms with Crippen LogP contribution in [0.5, 0.6) is 0 Å². The molecule has 1 N–H and O–H groups in total. The first-order valence-electron chi connectivity index (χ1n) is 7.51. The molecule has 1 aromatic carbocycles. The van der Waals surface area contributed by atoms with Gasteiger partial charge in [0.15, 0.2) is 0 Å². The highest BCUT2D eigenvalue weighted by molar-refractivity contribution is 5.83. The van der Waals surface area contributed by atoms with Crippen molar-refractivity contribution < 1.29 is 4.74 Å². The molecule has 0 bridgehead atoms. The molecule has 2 rings (SSSR count). The summed E-state index contributed by atoms with van der Waals surface area (Å²) in [4.78, 5) is 0. The van der Waals surface area contributed by atoms with Crippen molar-refractivity contribution >= 4 is 10.9 Å². The van der Waals surface area contributed by atoms with Crippen molar-refractivity contribution in [2.24, 2.45) is 5.92 Å². The summed E-state index contributed by atoms with van der Waals surface area (Å²) in [7, 11) is 1.99. The van der Waals surface area contributed by atoms with Crippen molar-refractivity contribution in [3.8, 4) is 0 Å². The minimum atomic E-state index is 0.713. The molecule has 0 aliphatic rings. The number of rotatable bonds is 8. The van der Waals surface area contributed by atoms with E-state index in [1.54, 1.807) is 0 Å². The van der Waals surface area contributed by atoms with E-state index in [1.165, 1.54) is 16.5 Å². The van der Waals surface area contributed by atoms with Crippen LogP contribution in [0.15, 0.2) is 30.5 Å². The first-order valence-corrected chi connectivity index (χ1v) is 7.51. The van der Waals surface area contributed by atoms with Gasteiger partial charge in [-0.3, -0.25) is 0 Å². The van der Waals surface area contributed by atoms with Crippen molar-refractivity contribution in [3.05, 3.63) is 36.0 Å². The van der Waals surface area contributed by atoms with Crippen molar-refractivity contribution in [1.82, 2.24) is 9.88 Å². The fraction of sp³-hybridized carbons (Fsp3) is 0.529. The Bertz CT molecular complexity index is 531. The van der Waals surface area contributed by atoms with E-state index >= 15 is 0 Å². The van der Waals surface area contributed by atoms with Gasteiger partial charge in [0.2, 0.25) is 0 Å². The number of aromatic nitrogens is 1. The van der Waals surface area contributed by atoms with Crippen LogP contribution in [0.4, 0.5) is 0 Å². The number of nitrogens with zero attached hydrogens (tertiary/aromatic N) is 1. The van der Waals surface area contributed by atoms with Gasteiger partial charge in [0.1, 0.15) is 0 Å². The number of nitrogens with one attached hydrogen (secondary N) is 1. The molecule has 3 heteroatoms. The lowest BCUT2D eigenvalue weighted by molar-refractivity contribution is 0.117. The van der Waals surface area contributed by atoms with E-state index in [1.807, 2.05) is 7.05 Å². The monoisotopic (exact) mass is 274 g/mol. The van der Waals surface area contributed by atoms with Crippen molar-refractivity contribution in [1.29, 1.82) is 0 Å². The summed E-state index contributed by atoms with van der Waals surface area (Å²) in [5, 5.41) is 4.54. The predicted octanol–water partition coefficient (Wildman–Crippen LogP) is 3.42. The van der Waals surface area contributed by atoms with E-state index in [9.17, 15) is 0 Å².